The van der Waals surface area contributed by atoms with Gasteiger partial charge in [-0.25, -0.2) is 0 Å². The summed E-state index contributed by atoms with van der Waals surface area (Å²) in [5.74, 6) is 0. The summed E-state index contributed by atoms with van der Waals surface area (Å²) in [4.78, 5) is 0. The first kappa shape index (κ1) is 58.5. The predicted molar refractivity (Wildman–Crippen MR) is 223 cm³/mol. The first-order chi connectivity index (χ1) is 24.5. The van der Waals surface area contributed by atoms with Gasteiger partial charge in [0.15, 0.2) is 0 Å². The molecule has 0 aromatic rings. The number of unbranched alkanes of at least 4 members (excludes halogenated alkanes) is 22. The molecule has 6 nitrogen and oxygen atoms in total. The van der Waals surface area contributed by atoms with Crippen molar-refractivity contribution >= 4 is 0 Å². The van der Waals surface area contributed by atoms with Gasteiger partial charge in [0.25, 0.3) is 0 Å². The lowest BCUT2D eigenvalue weighted by molar-refractivity contribution is -0.870. The molecular formula is C45H96I2N2O4. The van der Waals surface area contributed by atoms with Gasteiger partial charge in [0.2, 0.25) is 0 Å². The summed E-state index contributed by atoms with van der Waals surface area (Å²) in [6, 6.07) is 0. The van der Waals surface area contributed by atoms with E-state index >= 15 is 0 Å². The average molecular weight is 983 g/mol. The molecule has 0 unspecified atom stereocenters. The molecule has 0 fully saturated rings. The van der Waals surface area contributed by atoms with Crippen LogP contribution in [-0.2, 0) is 18.9 Å². The van der Waals surface area contributed by atoms with Gasteiger partial charge in [-0.3, -0.25) is 0 Å². The molecule has 0 saturated heterocycles. The molecule has 0 aliphatic rings. The van der Waals surface area contributed by atoms with Gasteiger partial charge in [0.1, 0.15) is 0 Å². The molecule has 0 radical (unpaired) electrons. The highest BCUT2D eigenvalue weighted by atomic mass is 127. The summed E-state index contributed by atoms with van der Waals surface area (Å²) >= 11 is 0. The van der Waals surface area contributed by atoms with E-state index in [0.717, 1.165) is 74.2 Å². The van der Waals surface area contributed by atoms with Crippen molar-refractivity contribution in [3.8, 4) is 0 Å². The third-order valence-corrected chi connectivity index (χ3v) is 10.2. The van der Waals surface area contributed by atoms with Gasteiger partial charge in [-0.05, 0) is 12.8 Å². The monoisotopic (exact) mass is 983 g/mol. The normalized spacial score (nSPS) is 12.2. The van der Waals surface area contributed by atoms with E-state index in [4.69, 9.17) is 18.9 Å². The Bertz CT molecular complexity index is 645. The molecule has 324 valence electrons. The Morgan fingerprint density at radius 1 is 0.302 bits per heavy atom. The summed E-state index contributed by atoms with van der Waals surface area (Å²) in [5, 5.41) is 0. The zero-order valence-electron chi connectivity index (χ0n) is 37.2. The molecule has 0 heterocycles. The van der Waals surface area contributed by atoms with Gasteiger partial charge in [0.05, 0.1) is 100 Å². The molecule has 0 aromatic carbocycles. The largest absolute Gasteiger partial charge is 1.00 e. The molecule has 0 amide bonds. The van der Waals surface area contributed by atoms with Crippen molar-refractivity contribution in [2.24, 2.45) is 5.41 Å². The zero-order chi connectivity index (χ0) is 37.8. The van der Waals surface area contributed by atoms with Crippen LogP contribution in [-0.4, -0.2) is 117 Å². The fourth-order valence-electron chi connectivity index (χ4n) is 6.78. The van der Waals surface area contributed by atoms with E-state index in [1.54, 1.807) is 0 Å². The Morgan fingerprint density at radius 3 is 0.736 bits per heavy atom. The van der Waals surface area contributed by atoms with E-state index in [9.17, 15) is 0 Å². The maximum atomic E-state index is 6.44. The number of quaternary nitrogens is 2. The molecule has 0 aromatic heterocycles. The minimum atomic E-state index is -0.262. The summed E-state index contributed by atoms with van der Waals surface area (Å²) in [7, 11) is 13.5. The summed E-state index contributed by atoms with van der Waals surface area (Å²) < 4.78 is 27.6. The van der Waals surface area contributed by atoms with Gasteiger partial charge in [-0.2, -0.15) is 0 Å². The number of ether oxygens (including phenoxy) is 4. The molecule has 8 heteroatoms. The third-order valence-electron chi connectivity index (χ3n) is 10.2. The van der Waals surface area contributed by atoms with Gasteiger partial charge in [-0.15, -0.1) is 0 Å². The fraction of sp³-hybridized carbons (Fsp3) is 1.00. The molecule has 0 rings (SSSR count). The Morgan fingerprint density at radius 2 is 0.509 bits per heavy atom. The van der Waals surface area contributed by atoms with E-state index < -0.39 is 0 Å². The van der Waals surface area contributed by atoms with E-state index in [2.05, 4.69) is 56.1 Å². The Hall–Kier alpha value is 1.22. The summed E-state index contributed by atoms with van der Waals surface area (Å²) in [6.45, 7) is 12.6. The van der Waals surface area contributed by atoms with E-state index in [1.807, 2.05) is 0 Å². The Labute approximate surface area is 367 Å². The maximum Gasteiger partial charge on any atom is 0.0802 e. The Balaban J connectivity index is -0.0000125. The number of hydrogen-bond donors (Lipinski definition) is 0. The highest BCUT2D eigenvalue weighted by Crippen LogP contribution is 2.22. The van der Waals surface area contributed by atoms with Crippen LogP contribution in [0.5, 0.6) is 0 Å². The topological polar surface area (TPSA) is 36.9 Å². The van der Waals surface area contributed by atoms with E-state index in [0.29, 0.717) is 26.4 Å². The maximum absolute atomic E-state index is 6.44. The van der Waals surface area contributed by atoms with Crippen molar-refractivity contribution in [2.75, 3.05) is 108 Å². The van der Waals surface area contributed by atoms with Crippen molar-refractivity contribution in [3.63, 3.8) is 0 Å². The number of hydrogen-bond acceptors (Lipinski definition) is 4. The highest BCUT2D eigenvalue weighted by molar-refractivity contribution is 4.79. The molecule has 0 bridgehead atoms. The first-order valence-corrected chi connectivity index (χ1v) is 22.5. The number of halogens is 2. The van der Waals surface area contributed by atoms with Gasteiger partial charge < -0.3 is 75.9 Å². The fourth-order valence-corrected chi connectivity index (χ4v) is 6.78. The smallest absolute Gasteiger partial charge is 0.0802 e. The molecular weight excluding hydrogens is 886 g/mol. The van der Waals surface area contributed by atoms with Crippen LogP contribution in [0.3, 0.4) is 0 Å². The van der Waals surface area contributed by atoms with Crippen LogP contribution < -0.4 is 48.0 Å². The van der Waals surface area contributed by atoms with Crippen LogP contribution in [0.2, 0.25) is 0 Å². The lowest BCUT2D eigenvalue weighted by Gasteiger charge is -2.33. The van der Waals surface area contributed by atoms with Crippen LogP contribution in [0.4, 0.5) is 0 Å². The van der Waals surface area contributed by atoms with E-state index in [1.165, 1.54) is 141 Å². The van der Waals surface area contributed by atoms with Crippen molar-refractivity contribution < 1.29 is 75.9 Å². The van der Waals surface area contributed by atoms with Crippen molar-refractivity contribution in [1.82, 2.24) is 0 Å². The molecule has 0 saturated carbocycles. The van der Waals surface area contributed by atoms with Gasteiger partial charge in [-0.1, -0.05) is 155 Å². The number of nitrogens with zero attached hydrogens (tertiary/aromatic N) is 2. The predicted octanol–water partition coefficient (Wildman–Crippen LogP) is 5.64. The molecule has 0 spiro atoms. The second-order valence-corrected chi connectivity index (χ2v) is 18.2. The molecule has 0 atom stereocenters. The minimum Gasteiger partial charge on any atom is -1.00 e. The Kier molecular flexibility index (Phi) is 45.7. The summed E-state index contributed by atoms with van der Waals surface area (Å²) in [5.41, 5.74) is -0.262. The lowest BCUT2D eigenvalue weighted by Crippen LogP contribution is -3.00. The first-order valence-electron chi connectivity index (χ1n) is 22.5. The van der Waals surface area contributed by atoms with Gasteiger partial charge in [0, 0.05) is 26.1 Å². The molecule has 0 N–H and O–H groups in total. The van der Waals surface area contributed by atoms with Crippen LogP contribution in [0.25, 0.3) is 0 Å². The van der Waals surface area contributed by atoms with Crippen molar-refractivity contribution in [3.05, 3.63) is 0 Å². The molecule has 0 aliphatic heterocycles. The SMILES string of the molecule is CCCCCCCCCCCCCCOCC(COCCCCCCCCCCCCCC)(COCCC[N+](C)(C)C)COCCC[N+](C)(C)C.[I-].[I-]. The van der Waals surface area contributed by atoms with E-state index in [-0.39, 0.29) is 53.4 Å². The van der Waals surface area contributed by atoms with Crippen LogP contribution in [0.15, 0.2) is 0 Å². The molecule has 0 aliphatic carbocycles. The highest BCUT2D eigenvalue weighted by Gasteiger charge is 2.32. The molecule has 53 heavy (non-hydrogen) atoms. The van der Waals surface area contributed by atoms with Crippen molar-refractivity contribution in [1.29, 1.82) is 0 Å². The zero-order valence-corrected chi connectivity index (χ0v) is 41.6. The van der Waals surface area contributed by atoms with Gasteiger partial charge >= 0.3 is 0 Å². The standard InChI is InChI=1S/C45H96N2O4.2HI/c1-9-11-13-15-17-19-21-23-25-27-29-31-37-48-41-45(43-50-39-33-35-46(3,4)5,44-51-40-34-36-47(6,7)8)42-49-38-32-30-28-26-24-22-20-18-16-14-12-10-2;;/h9-44H2,1-8H3;2*1H/q+2;;/p-2. The van der Waals surface area contributed by atoms with Crippen molar-refractivity contribution in [2.45, 2.75) is 181 Å². The second-order valence-electron chi connectivity index (χ2n) is 18.2. The summed E-state index contributed by atoms with van der Waals surface area (Å²) in [6.07, 6.45) is 34.8. The lowest BCUT2D eigenvalue weighted by atomic mass is 9.92. The van der Waals surface area contributed by atoms with Crippen LogP contribution in [0, 0.1) is 5.41 Å². The number of rotatable bonds is 42. The second kappa shape index (κ2) is 41.4. The van der Waals surface area contributed by atoms with Crippen LogP contribution in [0.1, 0.15) is 181 Å². The quantitative estimate of drug-likeness (QED) is 0.0452. The third kappa shape index (κ3) is 45.8. The van der Waals surface area contributed by atoms with Crippen LogP contribution >= 0.6 is 0 Å². The minimum absolute atomic E-state index is 0. The average Bonchev–Trinajstić information content (AvgIpc) is 3.07.